The van der Waals surface area contributed by atoms with Crippen LogP contribution in [-0.4, -0.2) is 19.3 Å². The van der Waals surface area contributed by atoms with Crippen LogP contribution >= 0.6 is 11.5 Å². The highest BCUT2D eigenvalue weighted by Crippen LogP contribution is 2.02. The number of H-pyrrole nitrogens is 1. The van der Waals surface area contributed by atoms with Gasteiger partial charge in [-0.15, -0.1) is 0 Å². The van der Waals surface area contributed by atoms with Crippen LogP contribution in [0.15, 0.2) is 18.7 Å². The number of hydrogen-bond acceptors (Lipinski definition) is 5. The molecule has 0 saturated heterocycles. The number of hydrogen-bond donors (Lipinski definition) is 2. The number of aromatic nitrogens is 4. The molecule has 6 heteroatoms. The number of rotatable bonds is 3. The average molecular weight is 181 g/mol. The quantitative estimate of drug-likeness (QED) is 0.737. The zero-order chi connectivity index (χ0) is 8.23. The minimum atomic E-state index is 0.665. The third-order valence-electron chi connectivity index (χ3n) is 1.31. The molecule has 0 bridgehead atoms. The maximum absolute atomic E-state index is 4.02. The van der Waals surface area contributed by atoms with E-state index in [0.717, 1.165) is 11.0 Å². The third-order valence-corrected chi connectivity index (χ3v) is 1.97. The largest absolute Gasteiger partial charge is 0.349 e. The van der Waals surface area contributed by atoms with Gasteiger partial charge in [-0.25, -0.2) is 9.97 Å². The highest BCUT2D eigenvalue weighted by atomic mass is 32.1. The van der Waals surface area contributed by atoms with E-state index >= 15 is 0 Å². The van der Waals surface area contributed by atoms with E-state index in [4.69, 9.17) is 0 Å². The van der Waals surface area contributed by atoms with E-state index in [1.54, 1.807) is 18.7 Å². The van der Waals surface area contributed by atoms with Crippen molar-refractivity contribution < 1.29 is 0 Å². The highest BCUT2D eigenvalue weighted by Gasteiger charge is 1.96. The number of imidazole rings is 1. The molecule has 5 nitrogen and oxygen atoms in total. The number of nitrogens with zero attached hydrogens (tertiary/aromatic N) is 3. The molecular formula is C6H7N5S. The normalized spacial score (nSPS) is 10.0. The molecular weight excluding hydrogens is 174 g/mol. The molecule has 0 aliphatic rings. The van der Waals surface area contributed by atoms with Crippen molar-refractivity contribution in [2.75, 3.05) is 5.32 Å². The fourth-order valence-corrected chi connectivity index (χ4v) is 1.24. The molecule has 0 atom stereocenters. The summed E-state index contributed by atoms with van der Waals surface area (Å²) in [6.07, 6.45) is 5.01. The molecule has 2 aromatic rings. The lowest BCUT2D eigenvalue weighted by molar-refractivity contribution is 1.06. The molecule has 0 unspecified atom stereocenters. The summed E-state index contributed by atoms with van der Waals surface area (Å²) < 4.78 is 3.88. The van der Waals surface area contributed by atoms with Gasteiger partial charge in [0.25, 0.3) is 0 Å². The molecule has 0 aromatic carbocycles. The van der Waals surface area contributed by atoms with Crippen molar-refractivity contribution in [2.24, 2.45) is 0 Å². The van der Waals surface area contributed by atoms with Crippen LogP contribution in [0, 0.1) is 0 Å². The van der Waals surface area contributed by atoms with Gasteiger partial charge in [0.15, 0.2) is 5.95 Å². The first-order chi connectivity index (χ1) is 5.95. The molecule has 0 amide bonds. The van der Waals surface area contributed by atoms with Crippen LogP contribution in [-0.2, 0) is 6.54 Å². The van der Waals surface area contributed by atoms with Crippen LogP contribution in [0.1, 0.15) is 5.01 Å². The summed E-state index contributed by atoms with van der Waals surface area (Å²) in [6.45, 7) is 0.665. The van der Waals surface area contributed by atoms with Crippen molar-refractivity contribution in [2.45, 2.75) is 6.54 Å². The van der Waals surface area contributed by atoms with Crippen LogP contribution in [0.3, 0.4) is 0 Å². The Morgan fingerprint density at radius 2 is 2.50 bits per heavy atom. The Balaban J connectivity index is 1.91. The van der Waals surface area contributed by atoms with Gasteiger partial charge in [-0.1, -0.05) is 0 Å². The van der Waals surface area contributed by atoms with Gasteiger partial charge in [0.1, 0.15) is 11.3 Å². The third kappa shape index (κ3) is 1.59. The van der Waals surface area contributed by atoms with Gasteiger partial charge in [0, 0.05) is 12.4 Å². The van der Waals surface area contributed by atoms with Gasteiger partial charge in [0.2, 0.25) is 0 Å². The zero-order valence-corrected chi connectivity index (χ0v) is 7.01. The summed E-state index contributed by atoms with van der Waals surface area (Å²) in [6, 6.07) is 0. The lowest BCUT2D eigenvalue weighted by Gasteiger charge is -1.96. The smallest absolute Gasteiger partial charge is 0.200 e. The molecule has 2 rings (SSSR count). The molecule has 2 aromatic heterocycles. The molecule has 0 radical (unpaired) electrons. The number of anilines is 1. The molecule has 2 N–H and O–H groups in total. The first-order valence-corrected chi connectivity index (χ1v) is 4.21. The van der Waals surface area contributed by atoms with Crippen LogP contribution in [0.4, 0.5) is 5.95 Å². The Morgan fingerprint density at radius 1 is 1.50 bits per heavy atom. The Hall–Kier alpha value is -1.43. The summed E-state index contributed by atoms with van der Waals surface area (Å²) >= 11 is 1.38. The summed E-state index contributed by atoms with van der Waals surface area (Å²) in [5.74, 6) is 0.755. The van der Waals surface area contributed by atoms with E-state index in [9.17, 15) is 0 Å². The van der Waals surface area contributed by atoms with Crippen molar-refractivity contribution in [3.05, 3.63) is 23.7 Å². The van der Waals surface area contributed by atoms with E-state index < -0.39 is 0 Å². The minimum absolute atomic E-state index is 0.665. The molecule has 0 fully saturated rings. The molecule has 0 aliphatic heterocycles. The van der Waals surface area contributed by atoms with Crippen LogP contribution in [0.5, 0.6) is 0 Å². The fourth-order valence-electron chi connectivity index (χ4n) is 0.795. The first-order valence-electron chi connectivity index (χ1n) is 3.44. The highest BCUT2D eigenvalue weighted by molar-refractivity contribution is 7.05. The second-order valence-electron chi connectivity index (χ2n) is 2.13. The Morgan fingerprint density at radius 3 is 3.17 bits per heavy atom. The van der Waals surface area contributed by atoms with E-state index in [1.807, 2.05) is 0 Å². The summed E-state index contributed by atoms with van der Waals surface area (Å²) in [7, 11) is 0. The van der Waals surface area contributed by atoms with Crippen molar-refractivity contribution >= 4 is 17.5 Å². The predicted octanol–water partition coefficient (Wildman–Crippen LogP) is 0.873. The number of aromatic amines is 1. The van der Waals surface area contributed by atoms with Crippen molar-refractivity contribution in [1.29, 1.82) is 0 Å². The van der Waals surface area contributed by atoms with E-state index in [2.05, 4.69) is 24.6 Å². The number of nitrogens with one attached hydrogen (secondary N) is 2. The first kappa shape index (κ1) is 7.23. The monoisotopic (exact) mass is 181 g/mol. The predicted molar refractivity (Wildman–Crippen MR) is 45.8 cm³/mol. The Kier molecular flexibility index (Phi) is 2.00. The molecule has 0 aliphatic carbocycles. The lowest BCUT2D eigenvalue weighted by Crippen LogP contribution is -1.99. The SMILES string of the molecule is c1c[nH]c(NCc2ncns2)n1. The van der Waals surface area contributed by atoms with Crippen molar-refractivity contribution in [3.8, 4) is 0 Å². The molecule has 12 heavy (non-hydrogen) atoms. The maximum atomic E-state index is 4.02. The molecule has 0 saturated carbocycles. The Bertz CT molecular complexity index is 279. The average Bonchev–Trinajstić information content (AvgIpc) is 2.74. The van der Waals surface area contributed by atoms with Gasteiger partial charge in [0.05, 0.1) is 6.54 Å². The van der Waals surface area contributed by atoms with Crippen LogP contribution in [0.25, 0.3) is 0 Å². The van der Waals surface area contributed by atoms with Gasteiger partial charge in [-0.3, -0.25) is 0 Å². The van der Waals surface area contributed by atoms with Crippen LogP contribution in [0.2, 0.25) is 0 Å². The summed E-state index contributed by atoms with van der Waals surface area (Å²) in [5, 5.41) is 4.02. The summed E-state index contributed by atoms with van der Waals surface area (Å²) in [4.78, 5) is 11.0. The standard InChI is InChI=1S/C6H7N5S/c1-2-8-6(7-1)9-3-5-10-4-11-12-5/h1-2,4H,3H2,(H2,7,8,9). The van der Waals surface area contributed by atoms with Crippen LogP contribution < -0.4 is 5.32 Å². The van der Waals surface area contributed by atoms with E-state index in [1.165, 1.54) is 11.5 Å². The second kappa shape index (κ2) is 3.31. The Labute approximate surface area is 73.1 Å². The maximum Gasteiger partial charge on any atom is 0.200 e. The van der Waals surface area contributed by atoms with Gasteiger partial charge in [-0.2, -0.15) is 4.37 Å². The molecule has 62 valence electrons. The van der Waals surface area contributed by atoms with Gasteiger partial charge in [-0.05, 0) is 11.5 Å². The lowest BCUT2D eigenvalue weighted by atomic mass is 10.7. The second-order valence-corrected chi connectivity index (χ2v) is 2.99. The minimum Gasteiger partial charge on any atom is -0.349 e. The molecule has 0 spiro atoms. The zero-order valence-electron chi connectivity index (χ0n) is 6.19. The fraction of sp³-hybridized carbons (Fsp3) is 0.167. The van der Waals surface area contributed by atoms with Crippen molar-refractivity contribution in [3.63, 3.8) is 0 Å². The summed E-state index contributed by atoms with van der Waals surface area (Å²) in [5.41, 5.74) is 0. The van der Waals surface area contributed by atoms with Crippen molar-refractivity contribution in [1.82, 2.24) is 19.3 Å². The van der Waals surface area contributed by atoms with Gasteiger partial charge < -0.3 is 10.3 Å². The topological polar surface area (TPSA) is 66.5 Å². The molecule has 2 heterocycles. The van der Waals surface area contributed by atoms with E-state index in [0.29, 0.717) is 6.54 Å². The van der Waals surface area contributed by atoms with E-state index in [-0.39, 0.29) is 0 Å². The van der Waals surface area contributed by atoms with Gasteiger partial charge >= 0.3 is 0 Å².